The fourth-order valence-electron chi connectivity index (χ4n) is 1.44. The third-order valence-electron chi connectivity index (χ3n) is 2.38. The molecule has 0 aromatic heterocycles. The SMILES string of the molecule is COC(=O)c1ccc(N)cc1S(=O)(=O)NCCS(C)=O. The number of nitrogens with one attached hydrogen (secondary N) is 1. The summed E-state index contributed by atoms with van der Waals surface area (Å²) in [6.45, 7) is 0.000849. The molecule has 0 aliphatic rings. The van der Waals surface area contributed by atoms with Gasteiger partial charge in [0.1, 0.15) is 0 Å². The van der Waals surface area contributed by atoms with E-state index >= 15 is 0 Å². The number of hydrogen-bond donors (Lipinski definition) is 2. The summed E-state index contributed by atoms with van der Waals surface area (Å²) in [5.74, 6) is -0.598. The normalized spacial score (nSPS) is 12.9. The average Bonchev–Trinajstić information content (AvgIpc) is 2.37. The zero-order chi connectivity index (χ0) is 15.3. The van der Waals surface area contributed by atoms with Crippen LogP contribution in [0.1, 0.15) is 10.4 Å². The molecule has 0 aliphatic heterocycles. The van der Waals surface area contributed by atoms with E-state index in [1.807, 2.05) is 0 Å². The van der Waals surface area contributed by atoms with Crippen molar-refractivity contribution >= 4 is 32.5 Å². The predicted molar refractivity (Wildman–Crippen MR) is 76.3 cm³/mol. The van der Waals surface area contributed by atoms with E-state index in [0.717, 1.165) is 7.11 Å². The highest BCUT2D eigenvalue weighted by Crippen LogP contribution is 2.19. The van der Waals surface area contributed by atoms with Crippen LogP contribution in [0.4, 0.5) is 5.69 Å². The fourth-order valence-corrected chi connectivity index (χ4v) is 3.21. The lowest BCUT2D eigenvalue weighted by atomic mass is 10.2. The molecular formula is C11H16N2O5S2. The zero-order valence-corrected chi connectivity index (χ0v) is 12.7. The van der Waals surface area contributed by atoms with E-state index in [1.54, 1.807) is 0 Å². The largest absolute Gasteiger partial charge is 0.465 e. The number of sulfonamides is 1. The van der Waals surface area contributed by atoms with Gasteiger partial charge in [0.2, 0.25) is 10.0 Å². The van der Waals surface area contributed by atoms with Crippen molar-refractivity contribution in [1.82, 2.24) is 4.72 Å². The summed E-state index contributed by atoms with van der Waals surface area (Å²) in [4.78, 5) is 11.3. The number of rotatable bonds is 6. The smallest absolute Gasteiger partial charge is 0.339 e. The molecule has 3 N–H and O–H groups in total. The van der Waals surface area contributed by atoms with E-state index in [2.05, 4.69) is 9.46 Å². The van der Waals surface area contributed by atoms with Crippen LogP contribution in [-0.4, -0.2) is 44.3 Å². The highest BCUT2D eigenvalue weighted by molar-refractivity contribution is 7.89. The molecule has 0 spiro atoms. The number of hydrogen-bond acceptors (Lipinski definition) is 6. The molecule has 0 fully saturated rings. The van der Waals surface area contributed by atoms with Crippen molar-refractivity contribution in [3.05, 3.63) is 23.8 Å². The molecule has 0 saturated carbocycles. The van der Waals surface area contributed by atoms with Crippen molar-refractivity contribution in [2.75, 3.05) is 31.4 Å². The Morgan fingerprint density at radius 3 is 2.65 bits per heavy atom. The highest BCUT2D eigenvalue weighted by atomic mass is 32.2. The maximum Gasteiger partial charge on any atom is 0.339 e. The van der Waals surface area contributed by atoms with Gasteiger partial charge in [0.15, 0.2) is 0 Å². The Balaban J connectivity index is 3.12. The number of nitrogens with two attached hydrogens (primary N) is 1. The van der Waals surface area contributed by atoms with Crippen LogP contribution in [0.3, 0.4) is 0 Å². The number of carbonyl (C=O) groups is 1. The summed E-state index contributed by atoms with van der Waals surface area (Å²) in [7, 11) is -3.89. The van der Waals surface area contributed by atoms with Crippen molar-refractivity contribution in [3.8, 4) is 0 Å². The summed E-state index contributed by atoms with van der Waals surface area (Å²) in [5.41, 5.74) is 5.65. The maximum atomic E-state index is 12.1. The number of anilines is 1. The first kappa shape index (κ1) is 16.6. The zero-order valence-electron chi connectivity index (χ0n) is 11.1. The lowest BCUT2D eigenvalue weighted by Crippen LogP contribution is -2.29. The molecular weight excluding hydrogens is 304 g/mol. The van der Waals surface area contributed by atoms with Gasteiger partial charge in [0, 0.05) is 35.0 Å². The minimum Gasteiger partial charge on any atom is -0.465 e. The molecule has 112 valence electrons. The summed E-state index contributed by atoms with van der Waals surface area (Å²) >= 11 is 0. The number of benzene rings is 1. The second-order valence-corrected chi connectivity index (χ2v) is 7.21. The number of nitrogen functional groups attached to an aromatic ring is 1. The predicted octanol–water partition coefficient (Wildman–Crippen LogP) is -0.288. The molecule has 0 aliphatic carbocycles. The summed E-state index contributed by atoms with van der Waals surface area (Å²) in [5, 5.41) is 0. The Morgan fingerprint density at radius 1 is 1.45 bits per heavy atom. The first-order chi connectivity index (χ1) is 9.27. The second kappa shape index (κ2) is 6.82. The van der Waals surface area contributed by atoms with Crippen molar-refractivity contribution in [1.29, 1.82) is 0 Å². The van der Waals surface area contributed by atoms with Crippen LogP contribution < -0.4 is 10.5 Å². The van der Waals surface area contributed by atoms with Gasteiger partial charge in [-0.3, -0.25) is 4.21 Å². The van der Waals surface area contributed by atoms with E-state index < -0.39 is 26.8 Å². The number of esters is 1. The van der Waals surface area contributed by atoms with Crippen LogP contribution in [0, 0.1) is 0 Å². The van der Waals surface area contributed by atoms with E-state index in [0.29, 0.717) is 0 Å². The molecule has 0 heterocycles. The van der Waals surface area contributed by atoms with Gasteiger partial charge >= 0.3 is 5.97 Å². The third-order valence-corrected chi connectivity index (χ3v) is 4.66. The maximum absolute atomic E-state index is 12.1. The highest BCUT2D eigenvalue weighted by Gasteiger charge is 2.23. The van der Waals surface area contributed by atoms with Gasteiger partial charge in [-0.25, -0.2) is 17.9 Å². The Labute approximate surface area is 120 Å². The van der Waals surface area contributed by atoms with E-state index in [1.165, 1.54) is 24.5 Å². The van der Waals surface area contributed by atoms with Crippen LogP contribution in [0.25, 0.3) is 0 Å². The number of methoxy groups -OCH3 is 1. The molecule has 0 radical (unpaired) electrons. The Kier molecular flexibility index (Phi) is 5.66. The van der Waals surface area contributed by atoms with Crippen LogP contribution in [0.2, 0.25) is 0 Å². The van der Waals surface area contributed by atoms with E-state index in [4.69, 9.17) is 5.73 Å². The first-order valence-electron chi connectivity index (χ1n) is 5.55. The topological polar surface area (TPSA) is 116 Å². The van der Waals surface area contributed by atoms with Crippen molar-refractivity contribution < 1.29 is 22.2 Å². The molecule has 1 atom stereocenters. The van der Waals surface area contributed by atoms with E-state index in [9.17, 15) is 17.4 Å². The van der Waals surface area contributed by atoms with Gasteiger partial charge in [-0.2, -0.15) is 0 Å². The molecule has 0 amide bonds. The molecule has 0 bridgehead atoms. The molecule has 20 heavy (non-hydrogen) atoms. The van der Waals surface area contributed by atoms with Crippen molar-refractivity contribution in [2.45, 2.75) is 4.90 Å². The fraction of sp³-hybridized carbons (Fsp3) is 0.364. The van der Waals surface area contributed by atoms with Crippen LogP contribution >= 0.6 is 0 Å². The van der Waals surface area contributed by atoms with Gasteiger partial charge in [-0.15, -0.1) is 0 Å². The second-order valence-electron chi connectivity index (χ2n) is 3.92. The third kappa shape index (κ3) is 4.29. The molecule has 1 unspecified atom stereocenters. The minimum absolute atomic E-state index is 0.000849. The molecule has 1 aromatic carbocycles. The molecule has 0 saturated heterocycles. The van der Waals surface area contributed by atoms with E-state index in [-0.39, 0.29) is 28.4 Å². The van der Waals surface area contributed by atoms with Gasteiger partial charge in [0.25, 0.3) is 0 Å². The number of carbonyl (C=O) groups excluding carboxylic acids is 1. The summed E-state index contributed by atoms with van der Waals surface area (Å²) in [6.07, 6.45) is 1.47. The molecule has 9 heteroatoms. The number of ether oxygens (including phenoxy) is 1. The lowest BCUT2D eigenvalue weighted by molar-refractivity contribution is 0.0596. The summed E-state index contributed by atoms with van der Waals surface area (Å²) in [6, 6.07) is 3.87. The molecule has 1 rings (SSSR count). The van der Waals surface area contributed by atoms with Crippen LogP contribution in [0.5, 0.6) is 0 Å². The van der Waals surface area contributed by atoms with Gasteiger partial charge in [-0.05, 0) is 18.2 Å². The van der Waals surface area contributed by atoms with Crippen molar-refractivity contribution in [3.63, 3.8) is 0 Å². The minimum atomic E-state index is -3.93. The molecule has 1 aromatic rings. The first-order valence-corrected chi connectivity index (χ1v) is 8.76. The lowest BCUT2D eigenvalue weighted by Gasteiger charge is -2.10. The Hall–Kier alpha value is -1.45. The Bertz CT molecular complexity index is 628. The van der Waals surface area contributed by atoms with Gasteiger partial charge in [-0.1, -0.05) is 0 Å². The summed E-state index contributed by atoms with van der Waals surface area (Å²) < 4.78 is 42.0. The van der Waals surface area contributed by atoms with Crippen molar-refractivity contribution in [2.24, 2.45) is 0 Å². The average molecular weight is 320 g/mol. The van der Waals surface area contributed by atoms with Crippen LogP contribution in [0.15, 0.2) is 23.1 Å². The van der Waals surface area contributed by atoms with Gasteiger partial charge < -0.3 is 10.5 Å². The monoisotopic (exact) mass is 320 g/mol. The van der Waals surface area contributed by atoms with Gasteiger partial charge in [0.05, 0.1) is 17.6 Å². The van der Waals surface area contributed by atoms with Crippen LogP contribution in [-0.2, 0) is 25.6 Å². The Morgan fingerprint density at radius 2 is 2.10 bits per heavy atom. The quantitative estimate of drug-likeness (QED) is 0.550. The molecule has 7 nitrogen and oxygen atoms in total. The standard InChI is InChI=1S/C11H16N2O5S2/c1-18-11(14)9-4-3-8(12)7-10(9)20(16,17)13-5-6-19(2)15/h3-4,7,13H,5-6,12H2,1-2H3.